The average molecular weight is 335 g/mol. The Bertz CT molecular complexity index is 553. The second-order valence-electron chi connectivity index (χ2n) is 6.03. The number of quaternary nitrogens is 1. The lowest BCUT2D eigenvalue weighted by Gasteiger charge is -2.34. The van der Waals surface area contributed by atoms with E-state index in [0.717, 1.165) is 31.9 Å². The SMILES string of the molecule is CNC(=O)CN(C)C(=O)C[NH+]1CCN(c2ccc(OC)cc2)CC1. The Morgan fingerprint density at radius 2 is 1.88 bits per heavy atom. The summed E-state index contributed by atoms with van der Waals surface area (Å²) in [6.07, 6.45) is 0. The van der Waals surface area contributed by atoms with Crippen molar-refractivity contribution in [2.75, 3.05) is 65.4 Å². The monoisotopic (exact) mass is 335 g/mol. The molecule has 1 heterocycles. The van der Waals surface area contributed by atoms with E-state index in [-0.39, 0.29) is 18.4 Å². The maximum atomic E-state index is 12.2. The van der Waals surface area contributed by atoms with Crippen molar-refractivity contribution < 1.29 is 19.2 Å². The van der Waals surface area contributed by atoms with E-state index in [1.165, 1.54) is 15.5 Å². The summed E-state index contributed by atoms with van der Waals surface area (Å²) in [6, 6.07) is 8.05. The fourth-order valence-corrected chi connectivity index (χ4v) is 2.78. The number of nitrogens with zero attached hydrogens (tertiary/aromatic N) is 2. The minimum absolute atomic E-state index is 0.00602. The zero-order valence-corrected chi connectivity index (χ0v) is 14.7. The summed E-state index contributed by atoms with van der Waals surface area (Å²) in [6.45, 7) is 4.18. The van der Waals surface area contributed by atoms with Crippen molar-refractivity contribution >= 4 is 17.5 Å². The van der Waals surface area contributed by atoms with Crippen molar-refractivity contribution in [1.29, 1.82) is 0 Å². The number of amides is 2. The van der Waals surface area contributed by atoms with Gasteiger partial charge in [0.25, 0.3) is 5.91 Å². The maximum Gasteiger partial charge on any atom is 0.277 e. The highest BCUT2D eigenvalue weighted by Crippen LogP contribution is 2.18. The molecule has 132 valence electrons. The summed E-state index contributed by atoms with van der Waals surface area (Å²) >= 11 is 0. The number of benzene rings is 1. The predicted octanol–water partition coefficient (Wildman–Crippen LogP) is -1.40. The number of piperazine rings is 1. The first-order chi connectivity index (χ1) is 11.5. The second kappa shape index (κ2) is 8.54. The Hall–Kier alpha value is -2.28. The van der Waals surface area contributed by atoms with Gasteiger partial charge in [0.1, 0.15) is 5.75 Å². The molecule has 2 rings (SSSR count). The van der Waals surface area contributed by atoms with Crippen molar-refractivity contribution in [3.63, 3.8) is 0 Å². The molecule has 1 aliphatic heterocycles. The Labute approximate surface area is 143 Å². The van der Waals surface area contributed by atoms with E-state index in [1.54, 1.807) is 21.2 Å². The number of likely N-dealkylation sites (N-methyl/N-ethyl adjacent to an activating group) is 2. The smallest absolute Gasteiger partial charge is 0.277 e. The first-order valence-electron chi connectivity index (χ1n) is 8.20. The van der Waals surface area contributed by atoms with Gasteiger partial charge in [-0.1, -0.05) is 0 Å². The standard InChI is InChI=1S/C17H26N4O3/c1-18-16(22)12-19(2)17(23)13-20-8-10-21(11-9-20)14-4-6-15(24-3)7-5-14/h4-7H,8-13H2,1-3H3,(H,18,22)/p+1. The van der Waals surface area contributed by atoms with Gasteiger partial charge in [-0.2, -0.15) is 0 Å². The summed E-state index contributed by atoms with van der Waals surface area (Å²) < 4.78 is 5.18. The van der Waals surface area contributed by atoms with E-state index < -0.39 is 0 Å². The Morgan fingerprint density at radius 1 is 1.25 bits per heavy atom. The fraction of sp³-hybridized carbons (Fsp3) is 0.529. The van der Waals surface area contributed by atoms with Gasteiger partial charge in [-0.25, -0.2) is 0 Å². The summed E-state index contributed by atoms with van der Waals surface area (Å²) in [5, 5.41) is 2.53. The molecule has 1 aromatic carbocycles. The van der Waals surface area contributed by atoms with Crippen LogP contribution in [0.25, 0.3) is 0 Å². The van der Waals surface area contributed by atoms with Gasteiger partial charge in [-0.05, 0) is 24.3 Å². The molecule has 1 aliphatic rings. The van der Waals surface area contributed by atoms with Gasteiger partial charge >= 0.3 is 0 Å². The summed E-state index contributed by atoms with van der Waals surface area (Å²) in [5.74, 6) is 0.712. The van der Waals surface area contributed by atoms with E-state index in [4.69, 9.17) is 4.74 Å². The van der Waals surface area contributed by atoms with E-state index in [0.29, 0.717) is 6.54 Å². The minimum atomic E-state index is -0.148. The van der Waals surface area contributed by atoms with Crippen molar-refractivity contribution in [1.82, 2.24) is 10.2 Å². The number of carbonyl (C=O) groups excluding carboxylic acids is 2. The summed E-state index contributed by atoms with van der Waals surface area (Å²) in [7, 11) is 4.91. The summed E-state index contributed by atoms with van der Waals surface area (Å²) in [4.78, 5) is 28.6. The zero-order chi connectivity index (χ0) is 17.5. The third-order valence-electron chi connectivity index (χ3n) is 4.39. The zero-order valence-electron chi connectivity index (χ0n) is 14.7. The van der Waals surface area contributed by atoms with Crippen LogP contribution < -0.4 is 19.9 Å². The largest absolute Gasteiger partial charge is 0.497 e. The average Bonchev–Trinajstić information content (AvgIpc) is 2.62. The molecule has 24 heavy (non-hydrogen) atoms. The molecule has 2 N–H and O–H groups in total. The van der Waals surface area contributed by atoms with Crippen molar-refractivity contribution in [3.8, 4) is 5.75 Å². The van der Waals surface area contributed by atoms with Crippen LogP contribution in [0.2, 0.25) is 0 Å². The van der Waals surface area contributed by atoms with Crippen LogP contribution in [0.1, 0.15) is 0 Å². The van der Waals surface area contributed by atoms with Gasteiger partial charge in [0.05, 0.1) is 39.8 Å². The molecule has 1 saturated heterocycles. The van der Waals surface area contributed by atoms with Gasteiger partial charge in [0.2, 0.25) is 5.91 Å². The van der Waals surface area contributed by atoms with E-state index in [1.807, 2.05) is 12.1 Å². The lowest BCUT2D eigenvalue weighted by Crippen LogP contribution is -3.15. The molecule has 0 aliphatic carbocycles. The molecule has 0 radical (unpaired) electrons. The van der Waals surface area contributed by atoms with Crippen molar-refractivity contribution in [2.45, 2.75) is 0 Å². The molecule has 0 bridgehead atoms. The maximum absolute atomic E-state index is 12.2. The summed E-state index contributed by atoms with van der Waals surface area (Å²) in [5.41, 5.74) is 1.18. The molecule has 2 amide bonds. The number of anilines is 1. The molecule has 1 fully saturated rings. The van der Waals surface area contributed by atoms with Crippen LogP contribution in [0.15, 0.2) is 24.3 Å². The van der Waals surface area contributed by atoms with Crippen LogP contribution in [0.4, 0.5) is 5.69 Å². The topological polar surface area (TPSA) is 66.3 Å². The molecule has 7 nitrogen and oxygen atoms in total. The number of ether oxygens (including phenoxy) is 1. The first-order valence-corrected chi connectivity index (χ1v) is 8.20. The predicted molar refractivity (Wildman–Crippen MR) is 92.5 cm³/mol. The van der Waals surface area contributed by atoms with Crippen molar-refractivity contribution in [2.24, 2.45) is 0 Å². The Balaban J connectivity index is 1.79. The molecule has 0 saturated carbocycles. The number of methoxy groups -OCH3 is 1. The third kappa shape index (κ3) is 4.86. The third-order valence-corrected chi connectivity index (χ3v) is 4.39. The first kappa shape index (κ1) is 18.1. The highest BCUT2D eigenvalue weighted by atomic mass is 16.5. The number of carbonyl (C=O) groups is 2. The van der Waals surface area contributed by atoms with Crippen LogP contribution in [-0.2, 0) is 9.59 Å². The van der Waals surface area contributed by atoms with Crippen molar-refractivity contribution in [3.05, 3.63) is 24.3 Å². The van der Waals surface area contributed by atoms with E-state index >= 15 is 0 Å². The quantitative estimate of drug-likeness (QED) is 0.671. The number of rotatable bonds is 6. The Morgan fingerprint density at radius 3 is 2.42 bits per heavy atom. The number of hydrogen-bond donors (Lipinski definition) is 2. The van der Waals surface area contributed by atoms with Crippen LogP contribution in [0.3, 0.4) is 0 Å². The van der Waals surface area contributed by atoms with Gasteiger partial charge in [0, 0.05) is 19.8 Å². The van der Waals surface area contributed by atoms with Crippen LogP contribution in [0.5, 0.6) is 5.75 Å². The van der Waals surface area contributed by atoms with E-state index in [9.17, 15) is 9.59 Å². The van der Waals surface area contributed by atoms with Gasteiger partial charge in [-0.3, -0.25) is 9.59 Å². The van der Waals surface area contributed by atoms with Crippen LogP contribution in [0, 0.1) is 0 Å². The molecular weight excluding hydrogens is 308 g/mol. The minimum Gasteiger partial charge on any atom is -0.497 e. The van der Waals surface area contributed by atoms with Gasteiger partial charge < -0.3 is 24.8 Å². The van der Waals surface area contributed by atoms with Gasteiger partial charge in [-0.15, -0.1) is 0 Å². The second-order valence-corrected chi connectivity index (χ2v) is 6.03. The molecule has 7 heteroatoms. The highest BCUT2D eigenvalue weighted by molar-refractivity contribution is 5.84. The van der Waals surface area contributed by atoms with Crippen LogP contribution >= 0.6 is 0 Å². The number of nitrogens with one attached hydrogen (secondary N) is 2. The lowest BCUT2D eigenvalue weighted by atomic mass is 10.2. The molecule has 0 spiro atoms. The fourth-order valence-electron chi connectivity index (χ4n) is 2.78. The lowest BCUT2D eigenvalue weighted by molar-refractivity contribution is -0.892. The molecular formula is C17H27N4O3+. The molecule has 0 atom stereocenters. The molecule has 0 unspecified atom stereocenters. The molecule has 1 aromatic rings. The van der Waals surface area contributed by atoms with Crippen LogP contribution in [-0.4, -0.2) is 77.2 Å². The highest BCUT2D eigenvalue weighted by Gasteiger charge is 2.24. The van der Waals surface area contributed by atoms with E-state index in [2.05, 4.69) is 22.3 Å². The van der Waals surface area contributed by atoms with Gasteiger partial charge in [0.15, 0.2) is 6.54 Å². The number of hydrogen-bond acceptors (Lipinski definition) is 4. The molecule has 0 aromatic heterocycles. The normalized spacial score (nSPS) is 15.0. The Kier molecular flexibility index (Phi) is 6.43.